The number of hydrogen-bond acceptors (Lipinski definition) is 3. The summed E-state index contributed by atoms with van der Waals surface area (Å²) in [5.74, 6) is 0.265. The number of H-pyrrole nitrogens is 1. The molecule has 1 amide bonds. The number of morpholine rings is 1. The van der Waals surface area contributed by atoms with Gasteiger partial charge in [0.1, 0.15) is 0 Å². The Hall–Kier alpha value is -1.36. The molecule has 1 N–H and O–H groups in total. The fourth-order valence-electron chi connectivity index (χ4n) is 2.99. The molecule has 5 heteroatoms. The first-order valence-electron chi connectivity index (χ1n) is 7.01. The van der Waals surface area contributed by atoms with Crippen molar-refractivity contribution in [2.24, 2.45) is 0 Å². The van der Waals surface area contributed by atoms with Crippen LogP contribution in [-0.4, -0.2) is 46.3 Å². The van der Waals surface area contributed by atoms with E-state index in [9.17, 15) is 4.79 Å². The lowest BCUT2D eigenvalue weighted by Crippen LogP contribution is -2.50. The van der Waals surface area contributed by atoms with Crippen LogP contribution < -0.4 is 0 Å². The van der Waals surface area contributed by atoms with E-state index in [1.165, 1.54) is 5.56 Å². The second kappa shape index (κ2) is 4.63. The predicted octanol–water partition coefficient (Wildman–Crippen LogP) is 1.35. The molecule has 1 aliphatic heterocycles. The number of carbonyl (C=O) groups is 1. The summed E-state index contributed by atoms with van der Waals surface area (Å²) in [5, 5.41) is 7.15. The van der Waals surface area contributed by atoms with Crippen molar-refractivity contribution in [2.75, 3.05) is 19.8 Å². The Balaban J connectivity index is 1.62. The normalized spacial score (nSPS) is 20.8. The maximum Gasteiger partial charge on any atom is 0.223 e. The van der Waals surface area contributed by atoms with Crippen LogP contribution in [-0.2, 0) is 16.0 Å². The zero-order valence-corrected chi connectivity index (χ0v) is 11.7. The molecule has 1 aromatic rings. The molecule has 0 bridgehead atoms. The number of carbonyl (C=O) groups excluding carboxylic acids is 1. The average molecular weight is 263 g/mol. The van der Waals surface area contributed by atoms with E-state index in [-0.39, 0.29) is 11.4 Å². The third-order valence-electron chi connectivity index (χ3n) is 4.40. The van der Waals surface area contributed by atoms with E-state index in [1.54, 1.807) is 0 Å². The topological polar surface area (TPSA) is 58.2 Å². The van der Waals surface area contributed by atoms with Crippen LogP contribution in [0.3, 0.4) is 0 Å². The Bertz CT molecular complexity index is 471. The van der Waals surface area contributed by atoms with Crippen LogP contribution in [0.4, 0.5) is 0 Å². The summed E-state index contributed by atoms with van der Waals surface area (Å²) in [4.78, 5) is 14.5. The van der Waals surface area contributed by atoms with Crippen molar-refractivity contribution >= 4 is 5.91 Å². The van der Waals surface area contributed by atoms with Gasteiger partial charge in [-0.3, -0.25) is 9.89 Å². The lowest BCUT2D eigenvalue weighted by atomic mass is 10.1. The van der Waals surface area contributed by atoms with E-state index in [1.807, 2.05) is 13.8 Å². The molecule has 0 atom stereocenters. The van der Waals surface area contributed by atoms with Crippen molar-refractivity contribution < 1.29 is 9.53 Å². The summed E-state index contributed by atoms with van der Waals surface area (Å²) in [6.45, 7) is 6.15. The molecule has 1 aliphatic carbocycles. The fraction of sp³-hybridized carbons (Fsp3) is 0.714. The van der Waals surface area contributed by atoms with Gasteiger partial charge in [-0.1, -0.05) is 0 Å². The monoisotopic (exact) mass is 263 g/mol. The molecule has 0 unspecified atom stereocenters. The number of nitrogens with one attached hydrogen (secondary N) is 1. The Morgan fingerprint density at radius 2 is 2.26 bits per heavy atom. The van der Waals surface area contributed by atoms with Crippen LogP contribution in [0, 0.1) is 13.8 Å². The molecule has 1 saturated carbocycles. The van der Waals surface area contributed by atoms with Gasteiger partial charge in [0.05, 0.1) is 24.4 Å². The Kier molecular flexibility index (Phi) is 3.09. The van der Waals surface area contributed by atoms with E-state index in [0.717, 1.165) is 43.8 Å². The fourth-order valence-corrected chi connectivity index (χ4v) is 2.99. The number of ether oxygens (including phenoxy) is 1. The summed E-state index contributed by atoms with van der Waals surface area (Å²) in [6.07, 6.45) is 3.55. The van der Waals surface area contributed by atoms with Crippen molar-refractivity contribution in [1.82, 2.24) is 15.1 Å². The highest BCUT2D eigenvalue weighted by Gasteiger charge is 2.51. The largest absolute Gasteiger partial charge is 0.377 e. The molecule has 2 aliphatic rings. The minimum absolute atomic E-state index is 0.0514. The van der Waals surface area contributed by atoms with Crippen LogP contribution >= 0.6 is 0 Å². The standard InChI is InChI=1S/C14H21N3O2/c1-10-12(11(2)16-15-10)3-4-13(18)17-7-8-19-9-14(17)5-6-14/h3-9H2,1-2H3,(H,15,16). The third-order valence-corrected chi connectivity index (χ3v) is 4.40. The van der Waals surface area contributed by atoms with Crippen LogP contribution in [0.5, 0.6) is 0 Å². The number of aromatic amines is 1. The van der Waals surface area contributed by atoms with Gasteiger partial charge in [0, 0.05) is 18.7 Å². The second-order valence-corrected chi connectivity index (χ2v) is 5.73. The molecule has 0 radical (unpaired) electrons. The SMILES string of the molecule is Cc1n[nH]c(C)c1CCC(=O)N1CCOCC12CC2. The van der Waals surface area contributed by atoms with Gasteiger partial charge < -0.3 is 9.64 Å². The summed E-state index contributed by atoms with van der Waals surface area (Å²) in [6, 6.07) is 0. The van der Waals surface area contributed by atoms with Crippen LogP contribution in [0.25, 0.3) is 0 Å². The molecule has 1 saturated heterocycles. The van der Waals surface area contributed by atoms with Gasteiger partial charge in [-0.05, 0) is 38.7 Å². The minimum Gasteiger partial charge on any atom is -0.377 e. The molecule has 19 heavy (non-hydrogen) atoms. The van der Waals surface area contributed by atoms with Gasteiger partial charge in [0.15, 0.2) is 0 Å². The number of aromatic nitrogens is 2. The van der Waals surface area contributed by atoms with Crippen molar-refractivity contribution in [2.45, 2.75) is 45.1 Å². The van der Waals surface area contributed by atoms with Crippen LogP contribution in [0.2, 0.25) is 0 Å². The maximum absolute atomic E-state index is 12.4. The molecular formula is C14H21N3O2. The van der Waals surface area contributed by atoms with E-state index in [2.05, 4.69) is 15.1 Å². The third kappa shape index (κ3) is 2.27. The number of nitrogens with zero attached hydrogens (tertiary/aromatic N) is 2. The van der Waals surface area contributed by atoms with E-state index in [0.29, 0.717) is 13.0 Å². The summed E-state index contributed by atoms with van der Waals surface area (Å²) >= 11 is 0. The second-order valence-electron chi connectivity index (χ2n) is 5.73. The molecule has 1 spiro atoms. The van der Waals surface area contributed by atoms with Crippen molar-refractivity contribution in [1.29, 1.82) is 0 Å². The Labute approximate surface area is 113 Å². The Morgan fingerprint density at radius 3 is 2.89 bits per heavy atom. The first-order chi connectivity index (χ1) is 9.12. The van der Waals surface area contributed by atoms with Crippen molar-refractivity contribution in [3.63, 3.8) is 0 Å². The van der Waals surface area contributed by atoms with Gasteiger partial charge in [0.25, 0.3) is 0 Å². The quantitative estimate of drug-likeness (QED) is 0.895. The van der Waals surface area contributed by atoms with E-state index < -0.39 is 0 Å². The number of aryl methyl sites for hydroxylation is 2. The first kappa shape index (κ1) is 12.7. The average Bonchev–Trinajstić information content (AvgIpc) is 3.09. The molecular weight excluding hydrogens is 242 g/mol. The van der Waals surface area contributed by atoms with Crippen molar-refractivity contribution in [3.8, 4) is 0 Å². The lowest BCUT2D eigenvalue weighted by molar-refractivity contribution is -0.141. The highest BCUT2D eigenvalue weighted by Crippen LogP contribution is 2.43. The zero-order chi connectivity index (χ0) is 13.5. The van der Waals surface area contributed by atoms with Gasteiger partial charge in [-0.25, -0.2) is 0 Å². The molecule has 2 fully saturated rings. The number of hydrogen-bond donors (Lipinski definition) is 1. The first-order valence-corrected chi connectivity index (χ1v) is 7.01. The molecule has 0 aromatic carbocycles. The summed E-state index contributed by atoms with van der Waals surface area (Å²) in [7, 11) is 0. The van der Waals surface area contributed by atoms with Gasteiger partial charge in [0.2, 0.25) is 5.91 Å². The summed E-state index contributed by atoms with van der Waals surface area (Å²) in [5.41, 5.74) is 3.32. The minimum atomic E-state index is 0.0514. The zero-order valence-electron chi connectivity index (χ0n) is 11.7. The predicted molar refractivity (Wildman–Crippen MR) is 70.9 cm³/mol. The van der Waals surface area contributed by atoms with Crippen LogP contribution in [0.1, 0.15) is 36.2 Å². The van der Waals surface area contributed by atoms with Gasteiger partial charge in [-0.2, -0.15) is 5.10 Å². The smallest absolute Gasteiger partial charge is 0.223 e. The molecule has 5 nitrogen and oxygen atoms in total. The van der Waals surface area contributed by atoms with E-state index >= 15 is 0 Å². The number of amides is 1. The summed E-state index contributed by atoms with van der Waals surface area (Å²) < 4.78 is 5.51. The maximum atomic E-state index is 12.4. The highest BCUT2D eigenvalue weighted by molar-refractivity contribution is 5.78. The lowest BCUT2D eigenvalue weighted by Gasteiger charge is -2.36. The van der Waals surface area contributed by atoms with E-state index in [4.69, 9.17) is 4.74 Å². The molecule has 1 aromatic heterocycles. The molecule has 104 valence electrons. The number of rotatable bonds is 3. The highest BCUT2D eigenvalue weighted by atomic mass is 16.5. The van der Waals surface area contributed by atoms with Crippen molar-refractivity contribution in [3.05, 3.63) is 17.0 Å². The van der Waals surface area contributed by atoms with Crippen LogP contribution in [0.15, 0.2) is 0 Å². The Morgan fingerprint density at radius 1 is 1.47 bits per heavy atom. The molecule has 3 rings (SSSR count). The van der Waals surface area contributed by atoms with Gasteiger partial charge >= 0.3 is 0 Å². The molecule has 2 heterocycles. The van der Waals surface area contributed by atoms with Gasteiger partial charge in [-0.15, -0.1) is 0 Å².